The van der Waals surface area contributed by atoms with Crippen molar-refractivity contribution in [2.45, 2.75) is 38.0 Å². The second-order valence-corrected chi connectivity index (χ2v) is 4.53. The molecule has 1 aromatic rings. The lowest BCUT2D eigenvalue weighted by Crippen LogP contribution is -2.18. The molecule has 0 spiro atoms. The minimum Gasteiger partial charge on any atom is -0.207 e. The topological polar surface area (TPSA) is 23.8 Å². The maximum Gasteiger partial charge on any atom is 0.126 e. The molecule has 1 aliphatic carbocycles. The lowest BCUT2D eigenvalue weighted by atomic mass is 9.74. The van der Waals surface area contributed by atoms with Crippen LogP contribution >= 0.6 is 0 Å². The van der Waals surface area contributed by atoms with E-state index in [1.54, 1.807) is 6.07 Å². The highest BCUT2D eigenvalue weighted by molar-refractivity contribution is 5.23. The molecule has 2 atom stereocenters. The van der Waals surface area contributed by atoms with Gasteiger partial charge in [0.1, 0.15) is 5.82 Å². The minimum atomic E-state index is -0.114. The zero-order valence-electron chi connectivity index (χ0n) is 9.32. The van der Waals surface area contributed by atoms with E-state index in [0.717, 1.165) is 24.8 Å². The molecule has 0 aromatic heterocycles. The first-order valence-corrected chi connectivity index (χ1v) is 5.94. The Balaban J connectivity index is 2.24. The normalized spacial score (nSPS) is 25.0. The van der Waals surface area contributed by atoms with Crippen molar-refractivity contribution in [2.75, 3.05) is 0 Å². The molecule has 84 valence electrons. The number of rotatable bonds is 2. The first-order chi connectivity index (χ1) is 7.83. The number of hydrogen-bond donors (Lipinski definition) is 0. The number of nitriles is 1. The number of benzene rings is 1. The van der Waals surface area contributed by atoms with Gasteiger partial charge in [0.15, 0.2) is 0 Å². The van der Waals surface area contributed by atoms with Crippen LogP contribution in [-0.2, 0) is 0 Å². The van der Waals surface area contributed by atoms with Crippen LogP contribution in [0.2, 0.25) is 0 Å². The SMILES string of the molecule is N#CCC1CCCCC1c1ccccc1F. The van der Waals surface area contributed by atoms with E-state index in [1.165, 1.54) is 12.5 Å². The fourth-order valence-corrected chi connectivity index (χ4v) is 2.75. The smallest absolute Gasteiger partial charge is 0.126 e. The van der Waals surface area contributed by atoms with Crippen LogP contribution in [0.4, 0.5) is 4.39 Å². The summed E-state index contributed by atoms with van der Waals surface area (Å²) in [7, 11) is 0. The van der Waals surface area contributed by atoms with Gasteiger partial charge in [-0.2, -0.15) is 5.26 Å². The Morgan fingerprint density at radius 3 is 2.75 bits per heavy atom. The van der Waals surface area contributed by atoms with Crippen molar-refractivity contribution in [1.29, 1.82) is 5.26 Å². The van der Waals surface area contributed by atoms with Crippen LogP contribution in [0.3, 0.4) is 0 Å². The van der Waals surface area contributed by atoms with Gasteiger partial charge >= 0.3 is 0 Å². The van der Waals surface area contributed by atoms with Crippen molar-refractivity contribution in [3.63, 3.8) is 0 Å². The molecule has 1 aliphatic rings. The predicted octanol–water partition coefficient (Wildman–Crippen LogP) is 4.01. The highest BCUT2D eigenvalue weighted by atomic mass is 19.1. The monoisotopic (exact) mass is 217 g/mol. The maximum atomic E-state index is 13.7. The summed E-state index contributed by atoms with van der Waals surface area (Å²) in [5.74, 6) is 0.475. The average Bonchev–Trinajstić information content (AvgIpc) is 2.31. The van der Waals surface area contributed by atoms with Gasteiger partial charge in [-0.05, 0) is 36.3 Å². The van der Waals surface area contributed by atoms with Gasteiger partial charge in [-0.15, -0.1) is 0 Å². The van der Waals surface area contributed by atoms with Gasteiger partial charge in [-0.25, -0.2) is 4.39 Å². The fraction of sp³-hybridized carbons (Fsp3) is 0.500. The van der Waals surface area contributed by atoms with Crippen molar-refractivity contribution in [2.24, 2.45) is 5.92 Å². The Morgan fingerprint density at radius 2 is 2.00 bits per heavy atom. The van der Waals surface area contributed by atoms with Crippen LogP contribution < -0.4 is 0 Å². The molecule has 1 nitrogen and oxygen atoms in total. The van der Waals surface area contributed by atoms with Gasteiger partial charge in [0, 0.05) is 6.42 Å². The highest BCUT2D eigenvalue weighted by Gasteiger charge is 2.27. The molecular formula is C14H16FN. The van der Waals surface area contributed by atoms with Crippen LogP contribution in [0.15, 0.2) is 24.3 Å². The first-order valence-electron chi connectivity index (χ1n) is 5.94. The third-order valence-corrected chi connectivity index (χ3v) is 3.57. The Hall–Kier alpha value is -1.36. The Morgan fingerprint density at radius 1 is 1.25 bits per heavy atom. The molecule has 16 heavy (non-hydrogen) atoms. The van der Waals surface area contributed by atoms with Gasteiger partial charge in [-0.1, -0.05) is 31.0 Å². The Labute approximate surface area is 95.9 Å². The van der Waals surface area contributed by atoms with Gasteiger partial charge in [-0.3, -0.25) is 0 Å². The second-order valence-electron chi connectivity index (χ2n) is 4.53. The van der Waals surface area contributed by atoms with Crippen molar-refractivity contribution in [3.05, 3.63) is 35.6 Å². The third-order valence-electron chi connectivity index (χ3n) is 3.57. The molecule has 1 aromatic carbocycles. The fourth-order valence-electron chi connectivity index (χ4n) is 2.75. The summed E-state index contributed by atoms with van der Waals surface area (Å²) in [5, 5.41) is 8.81. The highest BCUT2D eigenvalue weighted by Crippen LogP contribution is 2.40. The predicted molar refractivity (Wildman–Crippen MR) is 61.3 cm³/mol. The van der Waals surface area contributed by atoms with E-state index in [-0.39, 0.29) is 11.7 Å². The Kier molecular flexibility index (Phi) is 3.56. The number of nitrogens with zero attached hydrogens (tertiary/aromatic N) is 1. The summed E-state index contributed by atoms with van der Waals surface area (Å²) in [4.78, 5) is 0. The average molecular weight is 217 g/mol. The molecule has 1 fully saturated rings. The molecule has 1 saturated carbocycles. The van der Waals surface area contributed by atoms with E-state index in [4.69, 9.17) is 5.26 Å². The van der Waals surface area contributed by atoms with Crippen LogP contribution in [0.1, 0.15) is 43.6 Å². The third kappa shape index (κ3) is 2.24. The zero-order valence-corrected chi connectivity index (χ0v) is 9.32. The summed E-state index contributed by atoms with van der Waals surface area (Å²) in [6, 6.07) is 9.23. The molecule has 0 bridgehead atoms. The van der Waals surface area contributed by atoms with E-state index in [0.29, 0.717) is 12.3 Å². The van der Waals surface area contributed by atoms with E-state index in [1.807, 2.05) is 12.1 Å². The summed E-state index contributed by atoms with van der Waals surface area (Å²) in [5.41, 5.74) is 0.808. The first kappa shape index (κ1) is 11.1. The van der Waals surface area contributed by atoms with Gasteiger partial charge in [0.2, 0.25) is 0 Å². The standard InChI is InChI=1S/C14H16FN/c15-14-8-4-3-7-13(14)12-6-2-1-5-11(12)9-10-16/h3-4,7-8,11-12H,1-2,5-6,9H2. The molecule has 2 unspecified atom stereocenters. The minimum absolute atomic E-state index is 0.114. The lowest BCUT2D eigenvalue weighted by molar-refractivity contribution is 0.305. The Bertz CT molecular complexity index is 394. The largest absolute Gasteiger partial charge is 0.207 e. The summed E-state index contributed by atoms with van der Waals surface area (Å²) >= 11 is 0. The van der Waals surface area contributed by atoms with Crippen molar-refractivity contribution in [3.8, 4) is 6.07 Å². The van der Waals surface area contributed by atoms with E-state index in [2.05, 4.69) is 6.07 Å². The second kappa shape index (κ2) is 5.12. The number of halogens is 1. The quantitative estimate of drug-likeness (QED) is 0.734. The molecule has 0 saturated heterocycles. The molecule has 0 heterocycles. The number of hydrogen-bond acceptors (Lipinski definition) is 1. The molecule has 0 radical (unpaired) electrons. The lowest BCUT2D eigenvalue weighted by Gasteiger charge is -2.30. The van der Waals surface area contributed by atoms with Gasteiger partial charge < -0.3 is 0 Å². The summed E-state index contributed by atoms with van der Waals surface area (Å²) < 4.78 is 13.7. The molecule has 0 N–H and O–H groups in total. The molecule has 0 amide bonds. The molecular weight excluding hydrogens is 201 g/mol. The van der Waals surface area contributed by atoms with Gasteiger partial charge in [0.05, 0.1) is 6.07 Å². The van der Waals surface area contributed by atoms with Gasteiger partial charge in [0.25, 0.3) is 0 Å². The van der Waals surface area contributed by atoms with Crippen LogP contribution in [-0.4, -0.2) is 0 Å². The molecule has 2 rings (SSSR count). The van der Waals surface area contributed by atoms with Crippen LogP contribution in [0.5, 0.6) is 0 Å². The molecule has 0 aliphatic heterocycles. The van der Waals surface area contributed by atoms with Crippen molar-refractivity contribution in [1.82, 2.24) is 0 Å². The van der Waals surface area contributed by atoms with Crippen molar-refractivity contribution < 1.29 is 4.39 Å². The summed E-state index contributed by atoms with van der Waals surface area (Å²) in [6.45, 7) is 0. The van der Waals surface area contributed by atoms with E-state index in [9.17, 15) is 4.39 Å². The zero-order chi connectivity index (χ0) is 11.4. The maximum absolute atomic E-state index is 13.7. The molecule has 2 heteroatoms. The van der Waals surface area contributed by atoms with Crippen LogP contribution in [0, 0.1) is 23.1 Å². The summed E-state index contributed by atoms with van der Waals surface area (Å²) in [6.07, 6.45) is 4.97. The van der Waals surface area contributed by atoms with E-state index >= 15 is 0 Å². The van der Waals surface area contributed by atoms with Crippen molar-refractivity contribution >= 4 is 0 Å². The van der Waals surface area contributed by atoms with E-state index < -0.39 is 0 Å². The van der Waals surface area contributed by atoms with Crippen LogP contribution in [0.25, 0.3) is 0 Å².